The molecule has 0 radical (unpaired) electrons. The molecule has 1 fully saturated rings. The average Bonchev–Trinajstić information content (AvgIpc) is 2.15. The van der Waals surface area contributed by atoms with Crippen molar-refractivity contribution in [3.8, 4) is 6.07 Å². The summed E-state index contributed by atoms with van der Waals surface area (Å²) in [6.45, 7) is 1.21. The smallest absolute Gasteiger partial charge is 0.295 e. The molecule has 1 aliphatic carbocycles. The van der Waals surface area contributed by atoms with Crippen LogP contribution in [-0.2, 0) is 0 Å². The van der Waals surface area contributed by atoms with Gasteiger partial charge in [-0.3, -0.25) is 4.90 Å². The lowest BCUT2D eigenvalue weighted by Gasteiger charge is -2.39. The zero-order chi connectivity index (χ0) is 13.1. The van der Waals surface area contributed by atoms with Crippen molar-refractivity contribution in [2.45, 2.75) is 51.2 Å². The van der Waals surface area contributed by atoms with Crippen molar-refractivity contribution < 1.29 is 13.2 Å². The van der Waals surface area contributed by atoms with Crippen LogP contribution in [-0.4, -0.2) is 30.7 Å². The lowest BCUT2D eigenvalue weighted by molar-refractivity contribution is -0.149. The van der Waals surface area contributed by atoms with E-state index in [4.69, 9.17) is 5.26 Å². The summed E-state index contributed by atoms with van der Waals surface area (Å²) in [5.41, 5.74) is 0.00429. The summed E-state index contributed by atoms with van der Waals surface area (Å²) in [6, 6.07) is 2.17. The molecule has 98 valence electrons. The number of nitrogens with zero attached hydrogens (tertiary/aromatic N) is 2. The highest BCUT2D eigenvalue weighted by molar-refractivity contribution is 4.91. The van der Waals surface area contributed by atoms with Gasteiger partial charge in [0.05, 0.1) is 12.6 Å². The molecule has 0 heterocycles. The van der Waals surface area contributed by atoms with Gasteiger partial charge in [0.25, 0.3) is 0 Å². The second kappa shape index (κ2) is 5.26. The lowest BCUT2D eigenvalue weighted by atomic mass is 9.72. The van der Waals surface area contributed by atoms with Gasteiger partial charge < -0.3 is 0 Å². The molecule has 0 aromatic rings. The molecular weight excluding hydrogens is 229 g/mol. The number of alkyl halides is 3. The number of nitriles is 1. The fraction of sp³-hybridized carbons (Fsp3) is 0.917. The molecule has 0 aromatic carbocycles. The molecular formula is C12H19F3N2. The highest BCUT2D eigenvalue weighted by Gasteiger charge is 2.36. The Kier molecular flexibility index (Phi) is 4.42. The van der Waals surface area contributed by atoms with Gasteiger partial charge in [-0.25, -0.2) is 0 Å². The third-order valence-electron chi connectivity index (χ3n) is 3.72. The molecule has 0 atom stereocenters. The minimum atomic E-state index is -4.12. The molecule has 17 heavy (non-hydrogen) atoms. The predicted octanol–water partition coefficient (Wildman–Crippen LogP) is 3.34. The standard InChI is InChI=1S/C12H19F3N2/c1-11(7-8-16)5-3-10(4-6-11)17(2)9-12(13,14)15/h10H,3-7,9H2,1-2H3. The Bertz CT molecular complexity index is 285. The normalized spacial score (nSPS) is 30.3. The first-order valence-electron chi connectivity index (χ1n) is 5.90. The number of halogens is 3. The van der Waals surface area contributed by atoms with Gasteiger partial charge in [-0.2, -0.15) is 18.4 Å². The van der Waals surface area contributed by atoms with Crippen LogP contribution in [0.1, 0.15) is 39.0 Å². The van der Waals surface area contributed by atoms with Crippen molar-refractivity contribution in [3.63, 3.8) is 0 Å². The molecule has 1 saturated carbocycles. The Balaban J connectivity index is 2.44. The van der Waals surface area contributed by atoms with Crippen LogP contribution in [0.2, 0.25) is 0 Å². The molecule has 5 heteroatoms. The van der Waals surface area contributed by atoms with Crippen molar-refractivity contribution in [2.75, 3.05) is 13.6 Å². The van der Waals surface area contributed by atoms with Crippen LogP contribution in [0.3, 0.4) is 0 Å². The van der Waals surface area contributed by atoms with Gasteiger partial charge in [0.1, 0.15) is 0 Å². The minimum absolute atomic E-state index is 0.00314. The maximum Gasteiger partial charge on any atom is 0.401 e. The Hall–Kier alpha value is -0.760. The van der Waals surface area contributed by atoms with Crippen LogP contribution in [0.25, 0.3) is 0 Å². The van der Waals surface area contributed by atoms with Crippen LogP contribution in [0.5, 0.6) is 0 Å². The first-order valence-corrected chi connectivity index (χ1v) is 5.90. The van der Waals surface area contributed by atoms with E-state index in [-0.39, 0.29) is 11.5 Å². The molecule has 0 spiro atoms. The summed E-state index contributed by atoms with van der Waals surface area (Å²) in [5, 5.41) is 8.70. The van der Waals surface area contributed by atoms with Gasteiger partial charge >= 0.3 is 6.18 Å². The third-order valence-corrected chi connectivity index (χ3v) is 3.72. The van der Waals surface area contributed by atoms with Gasteiger partial charge in [-0.05, 0) is 38.1 Å². The van der Waals surface area contributed by atoms with Crippen molar-refractivity contribution in [1.29, 1.82) is 5.26 Å². The molecule has 0 amide bonds. The van der Waals surface area contributed by atoms with E-state index in [1.165, 1.54) is 11.9 Å². The lowest BCUT2D eigenvalue weighted by Crippen LogP contribution is -2.42. The van der Waals surface area contributed by atoms with Gasteiger partial charge in [-0.1, -0.05) is 6.92 Å². The molecule has 0 aliphatic heterocycles. The molecule has 0 unspecified atom stereocenters. The molecule has 0 bridgehead atoms. The highest BCUT2D eigenvalue weighted by Crippen LogP contribution is 2.40. The van der Waals surface area contributed by atoms with E-state index < -0.39 is 12.7 Å². The van der Waals surface area contributed by atoms with Crippen molar-refractivity contribution in [1.82, 2.24) is 4.90 Å². The van der Waals surface area contributed by atoms with Crippen LogP contribution in [0.4, 0.5) is 13.2 Å². The van der Waals surface area contributed by atoms with E-state index in [2.05, 4.69) is 13.0 Å². The summed E-state index contributed by atoms with van der Waals surface area (Å²) >= 11 is 0. The van der Waals surface area contributed by atoms with Crippen molar-refractivity contribution in [3.05, 3.63) is 0 Å². The number of hydrogen-bond acceptors (Lipinski definition) is 2. The summed E-state index contributed by atoms with van der Waals surface area (Å²) < 4.78 is 36.7. The molecule has 0 saturated heterocycles. The first kappa shape index (κ1) is 14.3. The van der Waals surface area contributed by atoms with E-state index in [0.29, 0.717) is 6.42 Å². The zero-order valence-electron chi connectivity index (χ0n) is 10.3. The molecule has 0 aromatic heterocycles. The van der Waals surface area contributed by atoms with Gasteiger partial charge in [0, 0.05) is 12.5 Å². The minimum Gasteiger partial charge on any atom is -0.295 e. The van der Waals surface area contributed by atoms with E-state index >= 15 is 0 Å². The van der Waals surface area contributed by atoms with Gasteiger partial charge in [0.15, 0.2) is 0 Å². The van der Waals surface area contributed by atoms with Gasteiger partial charge in [-0.15, -0.1) is 0 Å². The van der Waals surface area contributed by atoms with E-state index in [0.717, 1.165) is 25.7 Å². The molecule has 1 aliphatic rings. The van der Waals surface area contributed by atoms with E-state index in [9.17, 15) is 13.2 Å². The number of rotatable bonds is 3. The molecule has 0 N–H and O–H groups in total. The van der Waals surface area contributed by atoms with E-state index in [1.807, 2.05) is 0 Å². The maximum atomic E-state index is 12.2. The van der Waals surface area contributed by atoms with Crippen LogP contribution >= 0.6 is 0 Å². The van der Waals surface area contributed by atoms with Crippen LogP contribution in [0.15, 0.2) is 0 Å². The average molecular weight is 248 g/mol. The Morgan fingerprint density at radius 2 is 1.88 bits per heavy atom. The maximum absolute atomic E-state index is 12.2. The monoisotopic (exact) mass is 248 g/mol. The van der Waals surface area contributed by atoms with E-state index in [1.54, 1.807) is 0 Å². The van der Waals surface area contributed by atoms with Crippen LogP contribution in [0, 0.1) is 16.7 Å². The zero-order valence-corrected chi connectivity index (χ0v) is 10.3. The van der Waals surface area contributed by atoms with Crippen molar-refractivity contribution in [2.24, 2.45) is 5.41 Å². The van der Waals surface area contributed by atoms with Crippen LogP contribution < -0.4 is 0 Å². The second-order valence-electron chi connectivity index (χ2n) is 5.41. The Labute approximate surface area is 100 Å². The SMILES string of the molecule is CN(CC(F)(F)F)C1CCC(C)(CC#N)CC1. The first-order chi connectivity index (χ1) is 7.76. The Morgan fingerprint density at radius 1 is 1.35 bits per heavy atom. The topological polar surface area (TPSA) is 27.0 Å². The summed E-state index contributed by atoms with van der Waals surface area (Å²) in [4.78, 5) is 1.39. The van der Waals surface area contributed by atoms with Crippen molar-refractivity contribution >= 4 is 0 Å². The fourth-order valence-corrected chi connectivity index (χ4v) is 2.52. The quantitative estimate of drug-likeness (QED) is 0.766. The molecule has 2 nitrogen and oxygen atoms in total. The largest absolute Gasteiger partial charge is 0.401 e. The summed E-state index contributed by atoms with van der Waals surface area (Å²) in [6.07, 6.45) is -0.429. The summed E-state index contributed by atoms with van der Waals surface area (Å²) in [7, 11) is 1.53. The highest BCUT2D eigenvalue weighted by atomic mass is 19.4. The second-order valence-corrected chi connectivity index (χ2v) is 5.41. The number of hydrogen-bond donors (Lipinski definition) is 0. The third kappa shape index (κ3) is 4.55. The molecule has 1 rings (SSSR count). The Morgan fingerprint density at radius 3 is 2.29 bits per heavy atom. The fourth-order valence-electron chi connectivity index (χ4n) is 2.52. The van der Waals surface area contributed by atoms with Gasteiger partial charge in [0.2, 0.25) is 0 Å². The predicted molar refractivity (Wildman–Crippen MR) is 59.3 cm³/mol. The summed E-state index contributed by atoms with van der Waals surface area (Å²) in [5.74, 6) is 0.